The van der Waals surface area contributed by atoms with Gasteiger partial charge >= 0.3 is 7.69 Å². The third-order valence-corrected chi connectivity index (χ3v) is 4.85. The Morgan fingerprint density at radius 3 is 2.68 bits per heavy atom. The summed E-state index contributed by atoms with van der Waals surface area (Å²) in [6, 6.07) is 10.7. The Labute approximate surface area is 165 Å². The van der Waals surface area contributed by atoms with E-state index in [4.69, 9.17) is 9.68 Å². The number of H-pyrrole nitrogens is 1. The van der Waals surface area contributed by atoms with Crippen LogP contribution >= 0.6 is 0 Å². The molecule has 4 aromatic rings. The molecule has 0 aliphatic carbocycles. The Hall–Kier alpha value is -2.57. The van der Waals surface area contributed by atoms with Gasteiger partial charge in [-0.3, -0.25) is 5.10 Å². The molecular weight excluding hydrogens is 355 g/mol. The van der Waals surface area contributed by atoms with Crippen LogP contribution in [0, 0.1) is 5.82 Å². The maximum atomic E-state index is 13.5. The molecule has 4 rings (SSSR count). The van der Waals surface area contributed by atoms with Crippen molar-refractivity contribution in [1.82, 2.24) is 14.8 Å². The van der Waals surface area contributed by atoms with Crippen LogP contribution in [0.4, 0.5) is 4.39 Å². The van der Waals surface area contributed by atoms with E-state index in [0.29, 0.717) is 13.0 Å². The SMILES string of the molecule is CC(C)c1c(CCO[B]O)c2cc3[nH]ncc3cc2n1-c1ccc(F)cc1.[B]. The largest absolute Gasteiger partial charge is 0.485 e. The number of aromatic amines is 1. The van der Waals surface area contributed by atoms with Gasteiger partial charge in [-0.1, -0.05) is 13.8 Å². The molecule has 4 radical (unpaired) electrons. The minimum atomic E-state index is -0.259. The monoisotopic (exact) mass is 375 g/mol. The summed E-state index contributed by atoms with van der Waals surface area (Å²) >= 11 is 0. The predicted molar refractivity (Wildman–Crippen MR) is 110 cm³/mol. The molecule has 28 heavy (non-hydrogen) atoms. The van der Waals surface area contributed by atoms with E-state index in [9.17, 15) is 4.39 Å². The molecule has 8 heteroatoms. The number of halogens is 1. The summed E-state index contributed by atoms with van der Waals surface area (Å²) < 4.78 is 20.7. The van der Waals surface area contributed by atoms with Crippen LogP contribution < -0.4 is 0 Å². The van der Waals surface area contributed by atoms with Crippen LogP contribution in [0.3, 0.4) is 0 Å². The van der Waals surface area contributed by atoms with Crippen molar-refractivity contribution in [2.75, 3.05) is 6.61 Å². The molecule has 140 valence electrons. The zero-order valence-corrected chi connectivity index (χ0v) is 15.8. The van der Waals surface area contributed by atoms with Crippen LogP contribution in [0.5, 0.6) is 0 Å². The van der Waals surface area contributed by atoms with Crippen LogP contribution in [-0.2, 0) is 11.1 Å². The van der Waals surface area contributed by atoms with E-state index in [-0.39, 0.29) is 20.1 Å². The van der Waals surface area contributed by atoms with Gasteiger partial charge in [0, 0.05) is 37.2 Å². The molecule has 0 fully saturated rings. The number of hydrogen-bond acceptors (Lipinski definition) is 3. The Balaban J connectivity index is 0.00000225. The number of aromatic nitrogens is 3. The van der Waals surface area contributed by atoms with Crippen LogP contribution in [0.2, 0.25) is 0 Å². The molecule has 2 aromatic carbocycles. The van der Waals surface area contributed by atoms with Crippen molar-refractivity contribution in [3.8, 4) is 5.69 Å². The van der Waals surface area contributed by atoms with Crippen LogP contribution in [0.25, 0.3) is 27.5 Å². The van der Waals surface area contributed by atoms with Gasteiger partial charge in [-0.15, -0.1) is 0 Å². The number of nitrogens with zero attached hydrogens (tertiary/aromatic N) is 2. The first kappa shape index (κ1) is 20.2. The highest BCUT2D eigenvalue weighted by Crippen LogP contribution is 2.36. The van der Waals surface area contributed by atoms with Gasteiger partial charge in [0.2, 0.25) is 0 Å². The molecule has 0 atom stereocenters. The Morgan fingerprint density at radius 1 is 1.25 bits per heavy atom. The van der Waals surface area contributed by atoms with E-state index in [0.717, 1.165) is 46.4 Å². The molecule has 0 bridgehead atoms. The zero-order valence-electron chi connectivity index (χ0n) is 15.8. The lowest BCUT2D eigenvalue weighted by molar-refractivity contribution is 0.288. The number of nitrogens with one attached hydrogen (secondary N) is 1. The first-order valence-corrected chi connectivity index (χ1v) is 8.94. The summed E-state index contributed by atoms with van der Waals surface area (Å²) in [7, 11) is 0.724. The third-order valence-electron chi connectivity index (χ3n) is 4.85. The van der Waals surface area contributed by atoms with Crippen LogP contribution in [-0.4, -0.2) is 42.5 Å². The average Bonchev–Trinajstić information content (AvgIpc) is 3.23. The molecule has 2 aromatic heterocycles. The fourth-order valence-corrected chi connectivity index (χ4v) is 3.76. The number of rotatable bonds is 6. The first-order chi connectivity index (χ1) is 13.1. The van der Waals surface area contributed by atoms with Gasteiger partial charge < -0.3 is 14.2 Å². The summed E-state index contributed by atoms with van der Waals surface area (Å²) in [6.45, 7) is 4.66. The van der Waals surface area contributed by atoms with Crippen molar-refractivity contribution >= 4 is 37.9 Å². The lowest BCUT2D eigenvalue weighted by Crippen LogP contribution is -2.07. The summed E-state index contributed by atoms with van der Waals surface area (Å²) in [5, 5.41) is 18.1. The molecule has 0 amide bonds. The maximum absolute atomic E-state index is 13.5. The minimum absolute atomic E-state index is 0. The second-order valence-electron chi connectivity index (χ2n) is 6.88. The van der Waals surface area contributed by atoms with Crippen LogP contribution in [0.15, 0.2) is 42.6 Å². The molecular formula is C20H20B2FN3O2. The highest BCUT2D eigenvalue weighted by Gasteiger charge is 2.21. The summed E-state index contributed by atoms with van der Waals surface area (Å²) in [6.07, 6.45) is 2.45. The lowest BCUT2D eigenvalue weighted by atomic mass is 10.0. The van der Waals surface area contributed by atoms with E-state index in [1.54, 1.807) is 18.3 Å². The minimum Gasteiger partial charge on any atom is -0.429 e. The van der Waals surface area contributed by atoms with Crippen LogP contribution in [0.1, 0.15) is 31.0 Å². The molecule has 0 aliphatic heterocycles. The molecule has 0 saturated carbocycles. The standard InChI is InChI=1S/C20H20BFN3O2.B/c1-12(2)20-16(7-8-27-21-26)17-10-18-13(11-23-24-18)9-19(17)25(20)15-5-3-14(22)4-6-15;/h3-6,9-12,26H,7-8H2,1-2H3,(H,23,24);. The van der Waals surface area contributed by atoms with Crippen molar-refractivity contribution < 1.29 is 14.1 Å². The molecule has 0 unspecified atom stereocenters. The molecule has 0 aliphatic rings. The fraction of sp³-hybridized carbons (Fsp3) is 0.250. The smallest absolute Gasteiger partial charge is 0.429 e. The Kier molecular flexibility index (Phi) is 5.91. The summed E-state index contributed by atoms with van der Waals surface area (Å²) in [5.41, 5.74) is 5.22. The average molecular weight is 375 g/mol. The van der Waals surface area contributed by atoms with Crippen molar-refractivity contribution in [2.24, 2.45) is 0 Å². The normalized spacial score (nSPS) is 11.3. The fourth-order valence-electron chi connectivity index (χ4n) is 3.76. The van der Waals surface area contributed by atoms with Gasteiger partial charge in [-0.05, 0) is 54.3 Å². The van der Waals surface area contributed by atoms with Gasteiger partial charge in [0.05, 0.1) is 17.2 Å². The summed E-state index contributed by atoms with van der Waals surface area (Å²) in [5.74, 6) is -0.0160. The lowest BCUT2D eigenvalue weighted by Gasteiger charge is -2.15. The predicted octanol–water partition coefficient (Wildman–Crippen LogP) is 3.47. The van der Waals surface area contributed by atoms with Crippen molar-refractivity contribution in [3.05, 3.63) is 59.7 Å². The molecule has 2 N–H and O–H groups in total. The van der Waals surface area contributed by atoms with Gasteiger partial charge in [0.25, 0.3) is 0 Å². The highest BCUT2D eigenvalue weighted by atomic mass is 19.1. The van der Waals surface area contributed by atoms with Gasteiger partial charge in [0.15, 0.2) is 0 Å². The van der Waals surface area contributed by atoms with E-state index in [2.05, 4.69) is 40.7 Å². The van der Waals surface area contributed by atoms with E-state index in [1.807, 2.05) is 0 Å². The second kappa shape index (κ2) is 8.20. The van der Waals surface area contributed by atoms with E-state index >= 15 is 0 Å². The van der Waals surface area contributed by atoms with Crippen molar-refractivity contribution in [2.45, 2.75) is 26.2 Å². The topological polar surface area (TPSA) is 63.1 Å². The van der Waals surface area contributed by atoms with Crippen molar-refractivity contribution in [1.29, 1.82) is 0 Å². The van der Waals surface area contributed by atoms with E-state index < -0.39 is 0 Å². The maximum Gasteiger partial charge on any atom is 0.485 e. The Bertz CT molecular complexity index is 1090. The molecule has 2 heterocycles. The molecule has 0 spiro atoms. The number of fused-ring (bicyclic) bond motifs is 2. The first-order valence-electron chi connectivity index (χ1n) is 8.94. The zero-order chi connectivity index (χ0) is 19.0. The number of hydrogen-bond donors (Lipinski definition) is 2. The number of benzene rings is 2. The van der Waals surface area contributed by atoms with Gasteiger partial charge in [0.1, 0.15) is 5.82 Å². The van der Waals surface area contributed by atoms with Gasteiger partial charge in [-0.2, -0.15) is 5.10 Å². The molecule has 0 saturated heterocycles. The van der Waals surface area contributed by atoms with Crippen molar-refractivity contribution in [3.63, 3.8) is 0 Å². The quantitative estimate of drug-likeness (QED) is 0.401. The second-order valence-corrected chi connectivity index (χ2v) is 6.88. The Morgan fingerprint density at radius 2 is 2.00 bits per heavy atom. The summed E-state index contributed by atoms with van der Waals surface area (Å²) in [4.78, 5) is 0. The van der Waals surface area contributed by atoms with E-state index in [1.165, 1.54) is 12.1 Å². The molecule has 5 nitrogen and oxygen atoms in total. The highest BCUT2D eigenvalue weighted by molar-refractivity contribution is 6.15. The van der Waals surface area contributed by atoms with Gasteiger partial charge in [-0.25, -0.2) is 4.39 Å². The third kappa shape index (κ3) is 3.45.